The van der Waals surface area contributed by atoms with Crippen molar-refractivity contribution in [2.45, 2.75) is 39.8 Å². The second-order valence-corrected chi connectivity index (χ2v) is 3.01. The first kappa shape index (κ1) is 9.26. The molecule has 0 spiro atoms. The average molecular weight is 167 g/mol. The number of rotatable bonds is 3. The van der Waals surface area contributed by atoms with Gasteiger partial charge in [-0.25, -0.2) is 4.98 Å². The van der Waals surface area contributed by atoms with Gasteiger partial charge < -0.3 is 10.3 Å². The molecule has 0 saturated heterocycles. The van der Waals surface area contributed by atoms with Crippen LogP contribution in [0.1, 0.15) is 38.3 Å². The molecule has 0 unspecified atom stereocenters. The number of hydrogen-bond acceptors (Lipinski definition) is 2. The summed E-state index contributed by atoms with van der Waals surface area (Å²) < 4.78 is 2.15. The SMILES string of the molecule is CCc1nc([C@H](C)N)cn1CC. The molecule has 1 aromatic rings. The number of hydrogen-bond donors (Lipinski definition) is 1. The predicted octanol–water partition coefficient (Wildman–Crippen LogP) is 1.49. The first-order valence-electron chi connectivity index (χ1n) is 4.50. The van der Waals surface area contributed by atoms with Crippen LogP contribution in [0.2, 0.25) is 0 Å². The Morgan fingerprint density at radius 1 is 1.58 bits per heavy atom. The Morgan fingerprint density at radius 2 is 2.25 bits per heavy atom. The molecule has 0 radical (unpaired) electrons. The normalized spacial score (nSPS) is 13.3. The van der Waals surface area contributed by atoms with Gasteiger partial charge in [0.1, 0.15) is 5.82 Å². The maximum Gasteiger partial charge on any atom is 0.108 e. The third kappa shape index (κ3) is 1.67. The molecular weight excluding hydrogens is 150 g/mol. The number of aryl methyl sites for hydroxylation is 2. The molecule has 1 aromatic heterocycles. The van der Waals surface area contributed by atoms with Crippen LogP contribution in [-0.4, -0.2) is 9.55 Å². The van der Waals surface area contributed by atoms with Gasteiger partial charge in [0.15, 0.2) is 0 Å². The maximum absolute atomic E-state index is 5.73. The van der Waals surface area contributed by atoms with Gasteiger partial charge in [-0.15, -0.1) is 0 Å². The van der Waals surface area contributed by atoms with E-state index < -0.39 is 0 Å². The number of nitrogens with two attached hydrogens (primary N) is 1. The number of nitrogens with zero attached hydrogens (tertiary/aromatic N) is 2. The largest absolute Gasteiger partial charge is 0.335 e. The summed E-state index contributed by atoms with van der Waals surface area (Å²) in [6, 6.07) is 0.0445. The molecule has 0 bridgehead atoms. The van der Waals surface area contributed by atoms with Crippen LogP contribution >= 0.6 is 0 Å². The zero-order valence-corrected chi connectivity index (χ0v) is 8.04. The van der Waals surface area contributed by atoms with E-state index in [-0.39, 0.29) is 6.04 Å². The molecule has 1 rings (SSSR count). The van der Waals surface area contributed by atoms with Crippen molar-refractivity contribution in [1.82, 2.24) is 9.55 Å². The minimum absolute atomic E-state index is 0.0445. The van der Waals surface area contributed by atoms with Crippen molar-refractivity contribution in [3.05, 3.63) is 17.7 Å². The lowest BCUT2D eigenvalue weighted by molar-refractivity contribution is 0.705. The van der Waals surface area contributed by atoms with E-state index in [1.807, 2.05) is 13.1 Å². The molecule has 0 aliphatic heterocycles. The minimum atomic E-state index is 0.0445. The van der Waals surface area contributed by atoms with Crippen molar-refractivity contribution < 1.29 is 0 Å². The van der Waals surface area contributed by atoms with Crippen LogP contribution in [0.25, 0.3) is 0 Å². The van der Waals surface area contributed by atoms with Crippen molar-refractivity contribution in [3.63, 3.8) is 0 Å². The van der Waals surface area contributed by atoms with Crippen LogP contribution in [0.4, 0.5) is 0 Å². The van der Waals surface area contributed by atoms with Gasteiger partial charge in [-0.2, -0.15) is 0 Å². The highest BCUT2D eigenvalue weighted by atomic mass is 15.1. The Labute approximate surface area is 73.6 Å². The molecule has 1 heterocycles. The molecule has 0 aliphatic carbocycles. The summed E-state index contributed by atoms with van der Waals surface area (Å²) in [4.78, 5) is 4.44. The van der Waals surface area contributed by atoms with Gasteiger partial charge in [0.2, 0.25) is 0 Å². The fourth-order valence-corrected chi connectivity index (χ4v) is 1.25. The lowest BCUT2D eigenvalue weighted by Crippen LogP contribution is -2.05. The molecule has 68 valence electrons. The quantitative estimate of drug-likeness (QED) is 0.741. The van der Waals surface area contributed by atoms with Gasteiger partial charge in [0, 0.05) is 25.2 Å². The van der Waals surface area contributed by atoms with Crippen LogP contribution in [0.3, 0.4) is 0 Å². The van der Waals surface area contributed by atoms with Crippen molar-refractivity contribution in [2.75, 3.05) is 0 Å². The first-order chi connectivity index (χ1) is 5.69. The molecule has 0 amide bonds. The van der Waals surface area contributed by atoms with Gasteiger partial charge in [0.25, 0.3) is 0 Å². The molecule has 1 atom stereocenters. The van der Waals surface area contributed by atoms with Gasteiger partial charge in [-0.05, 0) is 13.8 Å². The van der Waals surface area contributed by atoms with E-state index in [1.54, 1.807) is 0 Å². The zero-order chi connectivity index (χ0) is 9.14. The monoisotopic (exact) mass is 167 g/mol. The second-order valence-electron chi connectivity index (χ2n) is 3.01. The van der Waals surface area contributed by atoms with Crippen molar-refractivity contribution >= 4 is 0 Å². The van der Waals surface area contributed by atoms with Crippen molar-refractivity contribution in [2.24, 2.45) is 5.73 Å². The zero-order valence-electron chi connectivity index (χ0n) is 8.04. The summed E-state index contributed by atoms with van der Waals surface area (Å²) in [6.07, 6.45) is 3.02. The van der Waals surface area contributed by atoms with E-state index in [9.17, 15) is 0 Å². The Balaban J connectivity index is 2.97. The van der Waals surface area contributed by atoms with Crippen LogP contribution in [-0.2, 0) is 13.0 Å². The topological polar surface area (TPSA) is 43.8 Å². The lowest BCUT2D eigenvalue weighted by Gasteiger charge is -1.99. The van der Waals surface area contributed by atoms with Crippen LogP contribution in [0.5, 0.6) is 0 Å². The van der Waals surface area contributed by atoms with E-state index in [0.29, 0.717) is 0 Å². The van der Waals surface area contributed by atoms with E-state index in [0.717, 1.165) is 24.5 Å². The minimum Gasteiger partial charge on any atom is -0.335 e. The third-order valence-corrected chi connectivity index (χ3v) is 2.00. The Hall–Kier alpha value is -0.830. The highest BCUT2D eigenvalue weighted by Gasteiger charge is 2.07. The highest BCUT2D eigenvalue weighted by Crippen LogP contribution is 2.10. The molecular formula is C9H17N3. The molecule has 0 aromatic carbocycles. The Morgan fingerprint density at radius 3 is 2.58 bits per heavy atom. The molecule has 0 aliphatic rings. The molecule has 0 saturated carbocycles. The van der Waals surface area contributed by atoms with Crippen molar-refractivity contribution in [3.8, 4) is 0 Å². The summed E-state index contributed by atoms with van der Waals surface area (Å²) >= 11 is 0. The maximum atomic E-state index is 5.73. The van der Waals surface area contributed by atoms with Crippen LogP contribution in [0.15, 0.2) is 6.20 Å². The van der Waals surface area contributed by atoms with Gasteiger partial charge >= 0.3 is 0 Å². The van der Waals surface area contributed by atoms with E-state index in [1.165, 1.54) is 0 Å². The number of aromatic nitrogens is 2. The summed E-state index contributed by atoms with van der Waals surface area (Å²) in [5.41, 5.74) is 6.72. The van der Waals surface area contributed by atoms with Gasteiger partial charge in [-0.1, -0.05) is 6.92 Å². The molecule has 3 heteroatoms. The highest BCUT2D eigenvalue weighted by molar-refractivity contribution is 5.07. The van der Waals surface area contributed by atoms with E-state index >= 15 is 0 Å². The third-order valence-electron chi connectivity index (χ3n) is 2.00. The lowest BCUT2D eigenvalue weighted by atomic mass is 10.3. The molecule has 0 fully saturated rings. The predicted molar refractivity (Wildman–Crippen MR) is 49.9 cm³/mol. The number of imidazole rings is 1. The fourth-order valence-electron chi connectivity index (χ4n) is 1.25. The summed E-state index contributed by atoms with van der Waals surface area (Å²) in [6.45, 7) is 7.16. The van der Waals surface area contributed by atoms with Gasteiger partial charge in [-0.3, -0.25) is 0 Å². The fraction of sp³-hybridized carbons (Fsp3) is 0.667. The summed E-state index contributed by atoms with van der Waals surface area (Å²) in [5.74, 6) is 1.13. The van der Waals surface area contributed by atoms with Crippen LogP contribution < -0.4 is 5.73 Å². The first-order valence-corrected chi connectivity index (χ1v) is 4.50. The van der Waals surface area contributed by atoms with Gasteiger partial charge in [0.05, 0.1) is 5.69 Å². The second kappa shape index (κ2) is 3.72. The smallest absolute Gasteiger partial charge is 0.108 e. The Bertz CT molecular complexity index is 229. The van der Waals surface area contributed by atoms with E-state index in [2.05, 4.69) is 23.4 Å². The van der Waals surface area contributed by atoms with E-state index in [4.69, 9.17) is 5.73 Å². The van der Waals surface area contributed by atoms with Crippen molar-refractivity contribution in [1.29, 1.82) is 0 Å². The molecule has 3 nitrogen and oxygen atoms in total. The molecule has 12 heavy (non-hydrogen) atoms. The van der Waals surface area contributed by atoms with Crippen LogP contribution in [0, 0.1) is 0 Å². The summed E-state index contributed by atoms with van der Waals surface area (Å²) in [5, 5.41) is 0. The molecule has 2 N–H and O–H groups in total. The summed E-state index contributed by atoms with van der Waals surface area (Å²) in [7, 11) is 0. The standard InChI is InChI=1S/C9H17N3/c1-4-9-11-8(7(3)10)6-12(9)5-2/h6-7H,4-5,10H2,1-3H3/t7-/m0/s1. The average Bonchev–Trinajstić information content (AvgIpc) is 2.46. The Kier molecular flexibility index (Phi) is 2.87.